The van der Waals surface area contributed by atoms with Gasteiger partial charge in [0.15, 0.2) is 5.69 Å². The van der Waals surface area contributed by atoms with Crippen molar-refractivity contribution in [3.05, 3.63) is 30.4 Å². The second-order valence-corrected chi connectivity index (χ2v) is 4.63. The molecule has 2 aromatic rings. The minimum absolute atomic E-state index is 0.0614. The summed E-state index contributed by atoms with van der Waals surface area (Å²) < 4.78 is 38.3. The second kappa shape index (κ2) is 6.04. The molecular weight excluding hydrogens is 291 g/mol. The maximum atomic E-state index is 12.8. The lowest BCUT2D eigenvalue weighted by atomic mass is 10.4. The molecule has 0 aliphatic rings. The number of rotatable bonds is 4. The van der Waals surface area contributed by atoms with E-state index in [1.165, 1.54) is 18.6 Å². The van der Waals surface area contributed by atoms with Gasteiger partial charge >= 0.3 is 6.18 Å². The third-order valence-electron chi connectivity index (χ3n) is 2.08. The van der Waals surface area contributed by atoms with Crippen LogP contribution in [0.3, 0.4) is 0 Å². The van der Waals surface area contributed by atoms with Crippen molar-refractivity contribution in [2.24, 2.45) is 0 Å². The van der Waals surface area contributed by atoms with Crippen LogP contribution in [0, 0.1) is 0 Å². The van der Waals surface area contributed by atoms with Crippen LogP contribution in [0.15, 0.2) is 34.7 Å². The number of halogens is 3. The molecule has 0 bridgehead atoms. The molecule has 2 heterocycles. The van der Waals surface area contributed by atoms with Gasteiger partial charge in [-0.15, -0.1) is 0 Å². The highest BCUT2D eigenvalue weighted by atomic mass is 32.2. The van der Waals surface area contributed by atoms with E-state index in [2.05, 4.69) is 25.3 Å². The summed E-state index contributed by atoms with van der Waals surface area (Å²) in [4.78, 5) is 15.3. The van der Waals surface area contributed by atoms with Crippen molar-refractivity contribution in [3.63, 3.8) is 0 Å². The number of hydrogen-bond acceptors (Lipinski definition) is 6. The third-order valence-corrected chi connectivity index (χ3v) is 2.91. The Morgan fingerprint density at radius 1 is 1.20 bits per heavy atom. The van der Waals surface area contributed by atoms with Gasteiger partial charge in [-0.3, -0.25) is 4.98 Å². The maximum Gasteiger partial charge on any atom is 0.433 e. The van der Waals surface area contributed by atoms with Crippen molar-refractivity contribution < 1.29 is 13.2 Å². The Morgan fingerprint density at radius 2 is 2.00 bits per heavy atom. The van der Waals surface area contributed by atoms with Crippen LogP contribution in [0.25, 0.3) is 0 Å². The summed E-state index contributed by atoms with van der Waals surface area (Å²) in [6.07, 6.45) is -0.133. The van der Waals surface area contributed by atoms with Gasteiger partial charge in [-0.2, -0.15) is 13.2 Å². The summed E-state index contributed by atoms with van der Waals surface area (Å²) >= 11 is 0.993. The molecule has 20 heavy (non-hydrogen) atoms. The van der Waals surface area contributed by atoms with Crippen LogP contribution < -0.4 is 5.32 Å². The lowest BCUT2D eigenvalue weighted by Gasteiger charge is -2.10. The summed E-state index contributed by atoms with van der Waals surface area (Å²) in [6, 6.07) is 0.889. The van der Waals surface area contributed by atoms with Crippen molar-refractivity contribution >= 4 is 17.7 Å². The number of anilines is 1. The Morgan fingerprint density at radius 3 is 2.60 bits per heavy atom. The molecule has 0 spiro atoms. The molecule has 0 atom stereocenters. The lowest BCUT2D eigenvalue weighted by Crippen LogP contribution is -2.12. The largest absolute Gasteiger partial charge is 0.433 e. The van der Waals surface area contributed by atoms with E-state index in [9.17, 15) is 13.2 Å². The normalized spacial score (nSPS) is 11.4. The first kappa shape index (κ1) is 14.5. The van der Waals surface area contributed by atoms with Gasteiger partial charge < -0.3 is 5.32 Å². The van der Waals surface area contributed by atoms with Crippen molar-refractivity contribution in [3.8, 4) is 0 Å². The molecule has 2 aromatic heterocycles. The molecular formula is C11H10F3N5S. The van der Waals surface area contributed by atoms with Gasteiger partial charge in [0, 0.05) is 25.0 Å². The topological polar surface area (TPSA) is 63.6 Å². The molecule has 5 nitrogen and oxygen atoms in total. The lowest BCUT2D eigenvalue weighted by molar-refractivity contribution is -0.141. The zero-order valence-electron chi connectivity index (χ0n) is 10.3. The van der Waals surface area contributed by atoms with Gasteiger partial charge in [0.25, 0.3) is 0 Å². The molecule has 106 valence electrons. The van der Waals surface area contributed by atoms with Gasteiger partial charge in [0.05, 0.1) is 6.20 Å². The SMILES string of the molecule is CCNc1nc(Sc2cnccn2)cc(C(F)(F)F)n1. The van der Waals surface area contributed by atoms with Gasteiger partial charge in [-0.05, 0) is 18.7 Å². The Hall–Kier alpha value is -1.90. The summed E-state index contributed by atoms with van der Waals surface area (Å²) in [5.41, 5.74) is -0.991. The molecule has 2 rings (SSSR count). The van der Waals surface area contributed by atoms with E-state index < -0.39 is 11.9 Å². The molecule has 0 saturated carbocycles. The van der Waals surface area contributed by atoms with Crippen LogP contribution in [0.5, 0.6) is 0 Å². The fourth-order valence-electron chi connectivity index (χ4n) is 1.30. The summed E-state index contributed by atoms with van der Waals surface area (Å²) in [7, 11) is 0. The van der Waals surface area contributed by atoms with Crippen molar-refractivity contribution in [2.75, 3.05) is 11.9 Å². The number of aromatic nitrogens is 4. The highest BCUT2D eigenvalue weighted by Gasteiger charge is 2.33. The van der Waals surface area contributed by atoms with E-state index in [0.29, 0.717) is 11.6 Å². The predicted octanol–water partition coefficient (Wildman–Crippen LogP) is 2.87. The van der Waals surface area contributed by atoms with Crippen LogP contribution in [0.1, 0.15) is 12.6 Å². The molecule has 0 saturated heterocycles. The van der Waals surface area contributed by atoms with Gasteiger partial charge in [-0.1, -0.05) is 0 Å². The molecule has 0 radical (unpaired) electrons. The highest BCUT2D eigenvalue weighted by Crippen LogP contribution is 2.32. The first-order valence-corrected chi connectivity index (χ1v) is 6.44. The Kier molecular flexibility index (Phi) is 4.38. The van der Waals surface area contributed by atoms with Crippen LogP contribution >= 0.6 is 11.8 Å². The van der Waals surface area contributed by atoms with Crippen molar-refractivity contribution in [2.45, 2.75) is 23.2 Å². The minimum atomic E-state index is -4.52. The van der Waals surface area contributed by atoms with E-state index >= 15 is 0 Å². The first-order valence-electron chi connectivity index (χ1n) is 5.63. The molecule has 0 unspecified atom stereocenters. The first-order chi connectivity index (χ1) is 9.49. The Labute approximate surface area is 117 Å². The molecule has 0 aliphatic heterocycles. The van der Waals surface area contributed by atoms with E-state index in [0.717, 1.165) is 17.8 Å². The Balaban J connectivity index is 2.34. The maximum absolute atomic E-state index is 12.8. The molecule has 1 N–H and O–H groups in total. The standard InChI is InChI=1S/C11H10F3N5S/c1-2-16-10-18-7(11(12,13)14)5-8(19-10)20-9-6-15-3-4-17-9/h3-6H,2H2,1H3,(H,16,18,19). The fraction of sp³-hybridized carbons (Fsp3) is 0.273. The van der Waals surface area contributed by atoms with Gasteiger partial charge in [0.1, 0.15) is 10.1 Å². The fourth-order valence-corrected chi connectivity index (χ4v) is 2.05. The van der Waals surface area contributed by atoms with E-state index in [1.54, 1.807) is 6.92 Å². The van der Waals surface area contributed by atoms with Gasteiger partial charge in [0.2, 0.25) is 5.95 Å². The summed E-state index contributed by atoms with van der Waals surface area (Å²) in [5, 5.41) is 3.29. The number of hydrogen-bond donors (Lipinski definition) is 1. The van der Waals surface area contributed by atoms with Crippen LogP contribution in [0.2, 0.25) is 0 Å². The average molecular weight is 301 g/mol. The molecule has 0 aromatic carbocycles. The quantitative estimate of drug-likeness (QED) is 0.876. The molecule has 0 fully saturated rings. The predicted molar refractivity (Wildman–Crippen MR) is 67.4 cm³/mol. The molecule has 0 amide bonds. The van der Waals surface area contributed by atoms with Gasteiger partial charge in [-0.25, -0.2) is 15.0 Å². The van der Waals surface area contributed by atoms with Crippen LogP contribution in [-0.2, 0) is 6.18 Å². The summed E-state index contributed by atoms with van der Waals surface area (Å²) in [6.45, 7) is 2.18. The monoisotopic (exact) mass is 301 g/mol. The average Bonchev–Trinajstić information content (AvgIpc) is 2.39. The highest BCUT2D eigenvalue weighted by molar-refractivity contribution is 7.99. The molecule has 9 heteroatoms. The smallest absolute Gasteiger partial charge is 0.354 e. The van der Waals surface area contributed by atoms with Crippen LogP contribution in [0.4, 0.5) is 19.1 Å². The van der Waals surface area contributed by atoms with E-state index in [-0.39, 0.29) is 11.0 Å². The second-order valence-electron chi connectivity index (χ2n) is 3.59. The number of nitrogens with zero attached hydrogens (tertiary/aromatic N) is 4. The number of nitrogens with one attached hydrogen (secondary N) is 1. The van der Waals surface area contributed by atoms with E-state index in [1.807, 2.05) is 0 Å². The third kappa shape index (κ3) is 3.80. The Bertz CT molecular complexity index is 576. The number of alkyl halides is 3. The van der Waals surface area contributed by atoms with E-state index in [4.69, 9.17) is 0 Å². The zero-order valence-corrected chi connectivity index (χ0v) is 11.2. The summed E-state index contributed by atoms with van der Waals surface area (Å²) in [5.74, 6) is -0.0614. The molecule has 0 aliphatic carbocycles. The van der Waals surface area contributed by atoms with Crippen molar-refractivity contribution in [1.82, 2.24) is 19.9 Å². The zero-order chi connectivity index (χ0) is 14.6. The van der Waals surface area contributed by atoms with Crippen molar-refractivity contribution in [1.29, 1.82) is 0 Å². The minimum Gasteiger partial charge on any atom is -0.354 e. The van der Waals surface area contributed by atoms with Crippen LogP contribution in [-0.4, -0.2) is 26.5 Å².